The van der Waals surface area contributed by atoms with Gasteiger partial charge < -0.3 is 19.8 Å². The molecule has 1 fully saturated rings. The molecular weight excluding hydrogens is 425 g/mol. The van der Waals surface area contributed by atoms with E-state index in [0.717, 1.165) is 25.2 Å². The fourth-order valence-electron chi connectivity index (χ4n) is 3.63. The zero-order chi connectivity index (χ0) is 22.8. The molecule has 31 heavy (non-hydrogen) atoms. The first kappa shape index (κ1) is 22.7. The summed E-state index contributed by atoms with van der Waals surface area (Å²) in [4.78, 5) is 24.4. The second-order valence-corrected chi connectivity index (χ2v) is 9.79. The number of aromatic nitrogens is 2. The van der Waals surface area contributed by atoms with Gasteiger partial charge in [-0.15, -0.1) is 0 Å². The summed E-state index contributed by atoms with van der Waals surface area (Å²) in [6, 6.07) is 5.50. The highest BCUT2D eigenvalue weighted by Gasteiger charge is 2.24. The topological polar surface area (TPSA) is 107 Å². The van der Waals surface area contributed by atoms with Crippen molar-refractivity contribution in [1.29, 1.82) is 0 Å². The van der Waals surface area contributed by atoms with Gasteiger partial charge in [0.05, 0.1) is 10.6 Å². The van der Waals surface area contributed by atoms with Crippen LogP contribution in [0.25, 0.3) is 0 Å². The van der Waals surface area contributed by atoms with Crippen LogP contribution < -0.4 is 9.80 Å². The average molecular weight is 452 g/mol. The molecule has 0 bridgehead atoms. The van der Waals surface area contributed by atoms with E-state index < -0.39 is 21.7 Å². The zero-order valence-electron chi connectivity index (χ0n) is 17.7. The normalized spacial score (nSPS) is 15.0. The fraction of sp³-hybridized carbons (Fsp3) is 0.450. The maximum atomic E-state index is 14.6. The van der Waals surface area contributed by atoms with Gasteiger partial charge in [-0.2, -0.15) is 0 Å². The first-order chi connectivity index (χ1) is 14.6. The van der Waals surface area contributed by atoms with Gasteiger partial charge in [0.2, 0.25) is 0 Å². The SMILES string of the molecule is CN(CC1CCN(C(=O)O)CC1)c1cc(N(C)c2ccc(S(C)(=O)=O)cc2F)ncn1. The highest BCUT2D eigenvalue weighted by atomic mass is 32.2. The molecular formula is C20H26FN5O4S. The van der Waals surface area contributed by atoms with Crippen LogP contribution in [0.1, 0.15) is 12.8 Å². The van der Waals surface area contributed by atoms with Crippen molar-refractivity contribution in [2.45, 2.75) is 17.7 Å². The Hall–Kier alpha value is -2.95. The number of anilines is 3. The quantitative estimate of drug-likeness (QED) is 0.714. The van der Waals surface area contributed by atoms with Crippen LogP contribution in [-0.2, 0) is 9.84 Å². The maximum absolute atomic E-state index is 14.6. The number of amides is 1. The molecule has 0 unspecified atom stereocenters. The fourth-order valence-corrected chi connectivity index (χ4v) is 4.26. The predicted molar refractivity (Wildman–Crippen MR) is 115 cm³/mol. The van der Waals surface area contributed by atoms with Crippen molar-refractivity contribution in [3.8, 4) is 0 Å². The van der Waals surface area contributed by atoms with Crippen molar-refractivity contribution < 1.29 is 22.7 Å². The summed E-state index contributed by atoms with van der Waals surface area (Å²) in [5, 5.41) is 9.07. The summed E-state index contributed by atoms with van der Waals surface area (Å²) in [6.07, 6.45) is 3.11. The molecule has 1 N–H and O–H groups in total. The lowest BCUT2D eigenvalue weighted by Crippen LogP contribution is -2.40. The highest BCUT2D eigenvalue weighted by molar-refractivity contribution is 7.90. The molecule has 2 aromatic rings. The summed E-state index contributed by atoms with van der Waals surface area (Å²) in [5.74, 6) is 0.802. The largest absolute Gasteiger partial charge is 0.465 e. The summed E-state index contributed by atoms with van der Waals surface area (Å²) in [5.41, 5.74) is 0.195. The van der Waals surface area contributed by atoms with E-state index in [4.69, 9.17) is 5.11 Å². The molecule has 9 nitrogen and oxygen atoms in total. The number of hydrogen-bond donors (Lipinski definition) is 1. The number of rotatable bonds is 6. The first-order valence-electron chi connectivity index (χ1n) is 9.80. The highest BCUT2D eigenvalue weighted by Crippen LogP contribution is 2.28. The number of carbonyl (C=O) groups is 1. The lowest BCUT2D eigenvalue weighted by atomic mass is 9.96. The minimum Gasteiger partial charge on any atom is -0.465 e. The molecule has 1 aliphatic rings. The van der Waals surface area contributed by atoms with E-state index >= 15 is 0 Å². The molecule has 168 valence electrons. The van der Waals surface area contributed by atoms with Crippen molar-refractivity contribution in [2.24, 2.45) is 5.92 Å². The molecule has 0 spiro atoms. The van der Waals surface area contributed by atoms with Crippen LogP contribution >= 0.6 is 0 Å². The average Bonchev–Trinajstić information content (AvgIpc) is 2.73. The molecule has 1 aliphatic heterocycles. The molecule has 2 heterocycles. The second-order valence-electron chi connectivity index (χ2n) is 7.77. The van der Waals surface area contributed by atoms with E-state index in [2.05, 4.69) is 9.97 Å². The van der Waals surface area contributed by atoms with Gasteiger partial charge in [-0.25, -0.2) is 27.6 Å². The molecule has 1 aromatic carbocycles. The number of likely N-dealkylation sites (tertiary alicyclic amines) is 1. The Labute approximate surface area is 181 Å². The van der Waals surface area contributed by atoms with E-state index in [1.165, 1.54) is 28.3 Å². The van der Waals surface area contributed by atoms with Gasteiger partial charge in [0, 0.05) is 46.1 Å². The number of hydrogen-bond acceptors (Lipinski definition) is 7. The van der Waals surface area contributed by atoms with Gasteiger partial charge in [-0.1, -0.05) is 0 Å². The van der Waals surface area contributed by atoms with Crippen molar-refractivity contribution in [3.05, 3.63) is 36.4 Å². The van der Waals surface area contributed by atoms with E-state index in [1.54, 1.807) is 13.1 Å². The van der Waals surface area contributed by atoms with E-state index in [1.807, 2.05) is 11.9 Å². The molecule has 11 heteroatoms. The minimum atomic E-state index is -3.50. The Balaban J connectivity index is 1.72. The summed E-state index contributed by atoms with van der Waals surface area (Å²) in [7, 11) is 0.0459. The third-order valence-corrected chi connectivity index (χ3v) is 6.61. The molecule has 1 saturated heterocycles. The molecule has 1 aromatic heterocycles. The third kappa shape index (κ3) is 5.40. The number of benzene rings is 1. The van der Waals surface area contributed by atoms with Crippen molar-refractivity contribution >= 4 is 33.3 Å². The van der Waals surface area contributed by atoms with Gasteiger partial charge in [-0.3, -0.25) is 0 Å². The number of carboxylic acid groups (broad SMARTS) is 1. The van der Waals surface area contributed by atoms with Gasteiger partial charge in [0.15, 0.2) is 9.84 Å². The molecule has 3 rings (SSSR count). The van der Waals surface area contributed by atoms with E-state index in [0.29, 0.717) is 37.2 Å². The summed E-state index contributed by atoms with van der Waals surface area (Å²) in [6.45, 7) is 1.76. The Morgan fingerprint density at radius 3 is 2.42 bits per heavy atom. The van der Waals surface area contributed by atoms with Crippen molar-refractivity contribution in [2.75, 3.05) is 49.8 Å². The van der Waals surface area contributed by atoms with Crippen LogP contribution in [0.2, 0.25) is 0 Å². The van der Waals surface area contributed by atoms with E-state index in [-0.39, 0.29) is 10.6 Å². The molecule has 0 atom stereocenters. The Morgan fingerprint density at radius 2 is 1.84 bits per heavy atom. The number of nitrogens with zero attached hydrogens (tertiary/aromatic N) is 5. The van der Waals surface area contributed by atoms with Crippen LogP contribution in [0, 0.1) is 11.7 Å². The molecule has 1 amide bonds. The van der Waals surface area contributed by atoms with Crippen LogP contribution in [0.15, 0.2) is 35.5 Å². The smallest absolute Gasteiger partial charge is 0.407 e. The second kappa shape index (κ2) is 9.04. The van der Waals surface area contributed by atoms with Gasteiger partial charge in [-0.05, 0) is 37.0 Å². The third-order valence-electron chi connectivity index (χ3n) is 5.50. The van der Waals surface area contributed by atoms with Crippen molar-refractivity contribution in [1.82, 2.24) is 14.9 Å². The Morgan fingerprint density at radius 1 is 1.19 bits per heavy atom. The van der Waals surface area contributed by atoms with Crippen molar-refractivity contribution in [3.63, 3.8) is 0 Å². The first-order valence-corrected chi connectivity index (χ1v) is 11.7. The molecule has 0 aliphatic carbocycles. The summed E-state index contributed by atoms with van der Waals surface area (Å²) >= 11 is 0. The van der Waals surface area contributed by atoms with Gasteiger partial charge >= 0.3 is 6.09 Å². The Kier molecular flexibility index (Phi) is 6.63. The lowest BCUT2D eigenvalue weighted by molar-refractivity contribution is 0.125. The maximum Gasteiger partial charge on any atom is 0.407 e. The summed E-state index contributed by atoms with van der Waals surface area (Å²) < 4.78 is 37.8. The zero-order valence-corrected chi connectivity index (χ0v) is 18.5. The molecule has 0 saturated carbocycles. The molecule has 0 radical (unpaired) electrons. The van der Waals surface area contributed by atoms with Crippen LogP contribution in [-0.4, -0.2) is 74.5 Å². The van der Waals surface area contributed by atoms with Crippen LogP contribution in [0.5, 0.6) is 0 Å². The van der Waals surface area contributed by atoms with Crippen LogP contribution in [0.4, 0.5) is 26.5 Å². The number of sulfone groups is 1. The van der Waals surface area contributed by atoms with Crippen LogP contribution in [0.3, 0.4) is 0 Å². The Bertz CT molecular complexity index is 1060. The minimum absolute atomic E-state index is 0.0841. The van der Waals surface area contributed by atoms with Gasteiger partial charge in [0.25, 0.3) is 0 Å². The standard InChI is InChI=1S/C20H26FN5O4S/c1-24(12-14-6-8-26(9-7-14)20(27)28)18-11-19(23-13-22-18)25(2)17-5-4-15(10-16(17)21)31(3,29)30/h4-5,10-11,13-14H,6-9,12H2,1-3H3,(H,27,28). The van der Waals surface area contributed by atoms with Gasteiger partial charge in [0.1, 0.15) is 23.8 Å². The predicted octanol–water partition coefficient (Wildman–Crippen LogP) is 2.61. The lowest BCUT2D eigenvalue weighted by Gasteiger charge is -2.32. The number of halogens is 1. The monoisotopic (exact) mass is 451 g/mol. The van der Waals surface area contributed by atoms with E-state index in [9.17, 15) is 17.6 Å². The number of piperidine rings is 1.